The average Bonchev–Trinajstić information content (AvgIpc) is 2.62. The SMILES string of the molecule is O=c1ncc(F)c(NC2O[C@@H](CO)[C@H](O)[C@H]2O)[nH]1. The minimum atomic E-state index is -1.36. The second kappa shape index (κ2) is 4.98. The molecule has 0 aliphatic carbocycles. The summed E-state index contributed by atoms with van der Waals surface area (Å²) in [6, 6.07) is 0. The highest BCUT2D eigenvalue weighted by atomic mass is 19.1. The molecule has 0 saturated carbocycles. The summed E-state index contributed by atoms with van der Waals surface area (Å²) < 4.78 is 18.3. The third-order valence-electron chi connectivity index (χ3n) is 2.59. The number of aromatic amines is 1. The zero-order chi connectivity index (χ0) is 13.3. The molecule has 8 nitrogen and oxygen atoms in total. The first-order valence-electron chi connectivity index (χ1n) is 5.16. The molecule has 100 valence electrons. The molecule has 1 saturated heterocycles. The van der Waals surface area contributed by atoms with Gasteiger partial charge in [-0.1, -0.05) is 0 Å². The molecule has 1 aromatic heterocycles. The maximum atomic E-state index is 13.3. The van der Waals surface area contributed by atoms with Crippen molar-refractivity contribution in [3.05, 3.63) is 22.5 Å². The number of nitrogens with zero attached hydrogens (tertiary/aromatic N) is 1. The van der Waals surface area contributed by atoms with Crippen molar-refractivity contribution in [2.24, 2.45) is 0 Å². The normalized spacial score (nSPS) is 31.6. The van der Waals surface area contributed by atoms with E-state index in [1.807, 2.05) is 0 Å². The van der Waals surface area contributed by atoms with E-state index in [-0.39, 0.29) is 5.82 Å². The van der Waals surface area contributed by atoms with Crippen LogP contribution in [-0.4, -0.2) is 56.4 Å². The first kappa shape index (κ1) is 12.9. The number of aromatic nitrogens is 2. The smallest absolute Gasteiger partial charge is 0.346 e. The molecule has 1 aromatic rings. The third kappa shape index (κ3) is 2.34. The summed E-state index contributed by atoms with van der Waals surface area (Å²) in [7, 11) is 0. The maximum absolute atomic E-state index is 13.3. The number of aliphatic hydroxyl groups excluding tert-OH is 3. The van der Waals surface area contributed by atoms with Gasteiger partial charge in [-0.3, -0.25) is 4.98 Å². The van der Waals surface area contributed by atoms with E-state index in [1.54, 1.807) is 0 Å². The molecular weight excluding hydrogens is 249 g/mol. The van der Waals surface area contributed by atoms with Crippen molar-refractivity contribution in [2.45, 2.75) is 24.5 Å². The summed E-state index contributed by atoms with van der Waals surface area (Å²) in [4.78, 5) is 16.2. The predicted octanol–water partition coefficient (Wildman–Crippen LogP) is -2.24. The Kier molecular flexibility index (Phi) is 3.57. The number of halogens is 1. The number of anilines is 1. The number of H-pyrrole nitrogens is 1. The lowest BCUT2D eigenvalue weighted by Crippen LogP contribution is -2.37. The van der Waals surface area contributed by atoms with Gasteiger partial charge in [-0.15, -0.1) is 0 Å². The zero-order valence-corrected chi connectivity index (χ0v) is 9.08. The lowest BCUT2D eigenvalue weighted by atomic mass is 10.1. The van der Waals surface area contributed by atoms with Gasteiger partial charge < -0.3 is 25.4 Å². The number of aliphatic hydroxyl groups is 3. The number of nitrogens with one attached hydrogen (secondary N) is 2. The van der Waals surface area contributed by atoms with E-state index >= 15 is 0 Å². The lowest BCUT2D eigenvalue weighted by molar-refractivity contribution is -0.0154. The average molecular weight is 261 g/mol. The maximum Gasteiger partial charge on any atom is 0.346 e. The fraction of sp³-hybridized carbons (Fsp3) is 0.556. The number of rotatable bonds is 3. The van der Waals surface area contributed by atoms with Crippen LogP contribution in [0.25, 0.3) is 0 Å². The molecule has 0 spiro atoms. The molecular formula is C9H12FN3O5. The third-order valence-corrected chi connectivity index (χ3v) is 2.59. The van der Waals surface area contributed by atoms with Gasteiger partial charge in [0.1, 0.15) is 24.1 Å². The fourth-order valence-electron chi connectivity index (χ4n) is 1.64. The summed E-state index contributed by atoms with van der Waals surface area (Å²) in [6.45, 7) is -0.494. The van der Waals surface area contributed by atoms with E-state index < -0.39 is 42.7 Å². The Morgan fingerprint density at radius 1 is 1.50 bits per heavy atom. The molecule has 0 radical (unpaired) electrons. The van der Waals surface area contributed by atoms with Crippen LogP contribution in [0.1, 0.15) is 0 Å². The Bertz CT molecular complexity index is 482. The summed E-state index contributed by atoms with van der Waals surface area (Å²) in [5.41, 5.74) is -0.773. The van der Waals surface area contributed by atoms with Gasteiger partial charge in [-0.2, -0.15) is 4.98 Å². The van der Waals surface area contributed by atoms with Crippen LogP contribution >= 0.6 is 0 Å². The molecule has 1 fully saturated rings. The molecule has 1 aliphatic heterocycles. The van der Waals surface area contributed by atoms with E-state index in [0.29, 0.717) is 6.20 Å². The number of hydrogen-bond donors (Lipinski definition) is 5. The van der Waals surface area contributed by atoms with Crippen molar-refractivity contribution in [1.29, 1.82) is 0 Å². The minimum absolute atomic E-state index is 0.315. The molecule has 1 aliphatic rings. The molecule has 0 aromatic carbocycles. The van der Waals surface area contributed by atoms with Crippen molar-refractivity contribution in [3.8, 4) is 0 Å². The van der Waals surface area contributed by atoms with Crippen LogP contribution in [0.3, 0.4) is 0 Å². The Hall–Kier alpha value is -1.55. The van der Waals surface area contributed by atoms with Crippen molar-refractivity contribution in [3.63, 3.8) is 0 Å². The summed E-state index contributed by atoms with van der Waals surface area (Å²) >= 11 is 0. The van der Waals surface area contributed by atoms with Crippen LogP contribution in [0.4, 0.5) is 10.2 Å². The lowest BCUT2D eigenvalue weighted by Gasteiger charge is -2.17. The Balaban J connectivity index is 2.15. The van der Waals surface area contributed by atoms with Crippen LogP contribution < -0.4 is 11.0 Å². The molecule has 2 heterocycles. The predicted molar refractivity (Wildman–Crippen MR) is 56.2 cm³/mol. The topological polar surface area (TPSA) is 128 Å². The molecule has 9 heteroatoms. The summed E-state index contributed by atoms with van der Waals surface area (Å²) in [5.74, 6) is -1.16. The molecule has 5 N–H and O–H groups in total. The summed E-state index contributed by atoms with van der Waals surface area (Å²) in [5, 5.41) is 30.3. The highest BCUT2D eigenvalue weighted by Gasteiger charge is 2.42. The first-order valence-corrected chi connectivity index (χ1v) is 5.16. The number of ether oxygens (including phenoxy) is 1. The molecule has 4 atom stereocenters. The van der Waals surface area contributed by atoms with Crippen LogP contribution in [0.5, 0.6) is 0 Å². The Morgan fingerprint density at radius 2 is 2.22 bits per heavy atom. The molecule has 2 rings (SSSR count). The van der Waals surface area contributed by atoms with Gasteiger partial charge in [-0.05, 0) is 0 Å². The largest absolute Gasteiger partial charge is 0.394 e. The van der Waals surface area contributed by atoms with E-state index in [2.05, 4.69) is 15.3 Å². The second-order valence-corrected chi connectivity index (χ2v) is 3.81. The Morgan fingerprint density at radius 3 is 2.83 bits per heavy atom. The summed E-state index contributed by atoms with van der Waals surface area (Å²) in [6.07, 6.45) is -4.08. The van der Waals surface area contributed by atoms with E-state index in [0.717, 1.165) is 0 Å². The Labute approximate surface area is 100 Å². The van der Waals surface area contributed by atoms with E-state index in [9.17, 15) is 19.4 Å². The zero-order valence-electron chi connectivity index (χ0n) is 9.08. The minimum Gasteiger partial charge on any atom is -0.394 e. The first-order chi connectivity index (χ1) is 8.52. The van der Waals surface area contributed by atoms with Crippen LogP contribution in [-0.2, 0) is 4.74 Å². The quantitative estimate of drug-likeness (QED) is 0.416. The molecule has 0 amide bonds. The van der Waals surface area contributed by atoms with Crippen LogP contribution in [0, 0.1) is 5.82 Å². The van der Waals surface area contributed by atoms with Crippen LogP contribution in [0.2, 0.25) is 0 Å². The molecule has 18 heavy (non-hydrogen) atoms. The van der Waals surface area contributed by atoms with Crippen LogP contribution in [0.15, 0.2) is 11.0 Å². The van der Waals surface area contributed by atoms with Gasteiger partial charge in [0.25, 0.3) is 0 Å². The van der Waals surface area contributed by atoms with Gasteiger partial charge in [0.15, 0.2) is 12.0 Å². The van der Waals surface area contributed by atoms with Crippen molar-refractivity contribution in [1.82, 2.24) is 9.97 Å². The number of hydrogen-bond acceptors (Lipinski definition) is 7. The monoisotopic (exact) mass is 261 g/mol. The van der Waals surface area contributed by atoms with E-state index in [1.165, 1.54) is 0 Å². The van der Waals surface area contributed by atoms with Crippen molar-refractivity contribution >= 4 is 5.82 Å². The standard InChI is InChI=1S/C9H12FN3O5/c10-3-1-11-9(17)13-7(3)12-8-6(16)5(15)4(2-14)18-8/h1,4-6,8,14-16H,2H2,(H2,11,12,13,17)/t4-,5-,6+,8?/m0/s1. The van der Waals surface area contributed by atoms with Crippen molar-refractivity contribution < 1.29 is 24.4 Å². The van der Waals surface area contributed by atoms with Gasteiger partial charge >= 0.3 is 5.69 Å². The van der Waals surface area contributed by atoms with Crippen molar-refractivity contribution in [2.75, 3.05) is 11.9 Å². The molecule has 0 bridgehead atoms. The van der Waals surface area contributed by atoms with Gasteiger partial charge in [0.2, 0.25) is 0 Å². The van der Waals surface area contributed by atoms with Gasteiger partial charge in [0, 0.05) is 0 Å². The van der Waals surface area contributed by atoms with E-state index in [4.69, 9.17) is 9.84 Å². The van der Waals surface area contributed by atoms with Gasteiger partial charge in [-0.25, -0.2) is 9.18 Å². The molecule has 1 unspecified atom stereocenters. The highest BCUT2D eigenvalue weighted by molar-refractivity contribution is 5.35. The fourth-order valence-corrected chi connectivity index (χ4v) is 1.64. The van der Waals surface area contributed by atoms with Gasteiger partial charge in [0.05, 0.1) is 12.8 Å². The second-order valence-electron chi connectivity index (χ2n) is 3.81. The highest BCUT2D eigenvalue weighted by Crippen LogP contribution is 2.22.